The Labute approximate surface area is 745 Å². The molecule has 4 amide bonds. The monoisotopic (exact) mass is 1820 g/mol. The van der Waals surface area contributed by atoms with Crippen LogP contribution in [0.1, 0.15) is 186 Å². The fourth-order valence-electron chi connectivity index (χ4n) is 16.9. The van der Waals surface area contributed by atoms with Crippen molar-refractivity contribution in [1.82, 2.24) is 41.2 Å². The SMILES string of the molecule is C=C[C@@H]1C[C@]1(NC(=O)[C@@H]1CC(Oc2cc(-c3csc(NC(C)C)n3)nc3cc(OC)ccc23)CC1C(=O)[C@@H](NC(=O)OC1CCCC1)C(C)(C)C)P(C)(=O)OCOC(=O)OCC.C=C[C@@H]1C[C@]1(NC(=O)[C@@H]1CC(Oc2cc(-c3csc(NC(C)C)n3)nc3cc(OC)ccc23)CC1C(=O)[C@@H](NC(=O)OC1CCCC1)C(C)(C)C)P(C)(=O)OCOC(=O)OCCCC. The number of carbonyl (C=O) groups excluding carboxylic acids is 8. The number of amides is 4. The standard InChI is InChI=1S/C46H64N5O11PS.C44H60N5O11PS/c1-10-12-19-58-44(55)59-26-60-63(9,56)46(24-28(46)11-2)51-41(53)34-21-31(20-33(34)39(52)40(45(5,6)7)50-43(54)62-29-15-13-14-16-29)61-38-23-36(37-25-64-42(49-37)47-27(3)4)48-35-22-30(57-8)17-18-32(35)38;1-10-26-22-44(26,61(9,54)58-24-57-42(53)56-11-2)49-39(51)32-19-29(18-31(32)37(50)38(43(5,6)7)48-41(52)60-27-14-12-13-15-27)59-36-21-34(35-23-62-40(47-35)45-25(3)4)46-33-20-28(55-8)16-17-30(33)36/h11,17-18,22-23,25,27-29,31,33-34,40H,2,10,12-16,19-21,24,26H2,1,3-9H3,(H,47,49)(H,50,54)(H,51,53);10,16-17,20-21,23,25-27,29,31-32,38H,1,11-15,18-19,22,24H2,2-9H3,(H,45,47)(H,48,52)(H,49,51)/t28-,31?,33?,34-,40-,46+,63?;26-,29?,31?,32-,38-,44+,61?/m11/s1. The van der Waals surface area contributed by atoms with Gasteiger partial charge >= 0.3 is 24.5 Å². The maximum absolute atomic E-state index is 15.0. The Morgan fingerprint density at radius 2 is 0.921 bits per heavy atom. The molecule has 688 valence electrons. The molecular formula is C90H124N10O22P2S2. The molecule has 0 saturated heterocycles. The van der Waals surface area contributed by atoms with Gasteiger partial charge in [-0.15, -0.1) is 35.8 Å². The van der Waals surface area contributed by atoms with Crippen molar-refractivity contribution in [2.75, 3.05) is 65.0 Å². The average molecular weight is 1820 g/mol. The number of carbonyl (C=O) groups is 8. The smallest absolute Gasteiger partial charge is 0.497 e. The summed E-state index contributed by atoms with van der Waals surface area (Å²) in [6, 6.07) is 12.9. The number of Topliss-reactive ketones (excluding diaryl/α,β-unsaturated/α-hetero) is 2. The van der Waals surface area contributed by atoms with Crippen LogP contribution in [0, 0.1) is 46.3 Å². The molecule has 6 aliphatic rings. The zero-order valence-electron chi connectivity index (χ0n) is 75.0. The van der Waals surface area contributed by atoms with Crippen LogP contribution in [0.15, 0.2) is 84.6 Å². The zero-order valence-corrected chi connectivity index (χ0v) is 78.5. The fraction of sp³-hybridized carbons (Fsp3) is 0.600. The van der Waals surface area contributed by atoms with Crippen LogP contribution < -0.4 is 50.8 Å². The van der Waals surface area contributed by atoms with Crippen LogP contribution in [0.25, 0.3) is 44.6 Å². The molecule has 0 bridgehead atoms. The molecule has 32 nitrogen and oxygen atoms in total. The number of hydrogen-bond donors (Lipinski definition) is 6. The Morgan fingerprint density at radius 3 is 1.27 bits per heavy atom. The van der Waals surface area contributed by atoms with Gasteiger partial charge in [0.2, 0.25) is 40.1 Å². The number of ketones is 2. The number of thiazole rings is 2. The minimum Gasteiger partial charge on any atom is -0.497 e. The highest BCUT2D eigenvalue weighted by atomic mass is 32.1. The molecular weight excluding hydrogens is 1700 g/mol. The summed E-state index contributed by atoms with van der Waals surface area (Å²) >= 11 is 2.92. The molecule has 0 radical (unpaired) electrons. The maximum Gasteiger partial charge on any atom is 0.510 e. The van der Waals surface area contributed by atoms with Gasteiger partial charge in [0, 0.05) is 94.9 Å². The van der Waals surface area contributed by atoms with E-state index in [2.05, 4.69) is 45.1 Å². The zero-order chi connectivity index (χ0) is 91.4. The van der Waals surface area contributed by atoms with Crippen molar-refractivity contribution in [3.63, 3.8) is 0 Å². The summed E-state index contributed by atoms with van der Waals surface area (Å²) in [7, 11) is -4.35. The molecule has 6 N–H and O–H groups in total. The summed E-state index contributed by atoms with van der Waals surface area (Å²) in [4.78, 5) is 129. The summed E-state index contributed by atoms with van der Waals surface area (Å²) in [5, 5.41) is 22.4. The lowest BCUT2D eigenvalue weighted by atomic mass is 9.77. The fourth-order valence-corrected chi connectivity index (χ4v) is 22.7. The number of hydrogen-bond acceptors (Lipinski definition) is 30. The van der Waals surface area contributed by atoms with Gasteiger partial charge in [-0.25, -0.2) is 39.1 Å². The Kier molecular flexibility index (Phi) is 32.2. The second-order valence-corrected chi connectivity index (χ2v) is 43.4. The summed E-state index contributed by atoms with van der Waals surface area (Å²) in [6.45, 7) is 32.3. The number of nitrogens with one attached hydrogen (secondary N) is 6. The van der Waals surface area contributed by atoms with Crippen molar-refractivity contribution in [3.8, 4) is 45.8 Å². The molecule has 6 aliphatic carbocycles. The van der Waals surface area contributed by atoms with E-state index in [9.17, 15) is 47.5 Å². The van der Waals surface area contributed by atoms with Gasteiger partial charge in [0.1, 0.15) is 69.4 Å². The lowest BCUT2D eigenvalue weighted by Crippen LogP contribution is -2.53. The van der Waals surface area contributed by atoms with Crippen LogP contribution in [0.2, 0.25) is 0 Å². The third kappa shape index (κ3) is 23.9. The lowest BCUT2D eigenvalue weighted by molar-refractivity contribution is -0.135. The van der Waals surface area contributed by atoms with E-state index in [1.54, 1.807) is 45.4 Å². The molecule has 6 fully saturated rings. The number of rotatable bonds is 38. The third-order valence-electron chi connectivity index (χ3n) is 23.9. The van der Waals surface area contributed by atoms with E-state index in [1.165, 1.54) is 36.0 Å². The summed E-state index contributed by atoms with van der Waals surface area (Å²) in [5.74, 6) is -4.30. The molecule has 4 heterocycles. The van der Waals surface area contributed by atoms with Crippen LogP contribution >= 0.6 is 37.4 Å². The molecule has 6 aromatic rings. The van der Waals surface area contributed by atoms with Gasteiger partial charge in [-0.05, 0) is 166 Å². The second-order valence-electron chi connectivity index (χ2n) is 36.1. The van der Waals surface area contributed by atoms with E-state index in [4.69, 9.17) is 76.4 Å². The van der Waals surface area contributed by atoms with Gasteiger partial charge in [0.15, 0.2) is 21.8 Å². The maximum atomic E-state index is 15.0. The molecule has 4 aromatic heterocycles. The van der Waals surface area contributed by atoms with Gasteiger partial charge in [-0.3, -0.25) is 37.4 Å². The number of alkyl carbamates (subject to hydrolysis) is 2. The van der Waals surface area contributed by atoms with E-state index in [-0.39, 0.29) is 87.6 Å². The van der Waals surface area contributed by atoms with Crippen molar-refractivity contribution in [2.45, 2.75) is 245 Å². The lowest BCUT2D eigenvalue weighted by Gasteiger charge is -2.34. The number of benzene rings is 2. The Bertz CT molecular complexity index is 5020. The van der Waals surface area contributed by atoms with Gasteiger partial charge in [-0.2, -0.15) is 0 Å². The van der Waals surface area contributed by atoms with Gasteiger partial charge < -0.3 is 79.3 Å². The minimum atomic E-state index is -3.76. The highest BCUT2D eigenvalue weighted by molar-refractivity contribution is 7.60. The Hall–Kier alpha value is -9.46. The Balaban J connectivity index is 0.000000245. The summed E-state index contributed by atoms with van der Waals surface area (Å²) in [5.41, 5.74) is 2.05. The first-order valence-electron chi connectivity index (χ1n) is 43.5. The van der Waals surface area contributed by atoms with Crippen molar-refractivity contribution in [3.05, 3.63) is 84.6 Å². The number of unbranched alkanes of at least 4 members (excludes halogenated alkanes) is 1. The van der Waals surface area contributed by atoms with E-state index in [0.29, 0.717) is 74.0 Å². The minimum absolute atomic E-state index is 0.0799. The highest BCUT2D eigenvalue weighted by Gasteiger charge is 2.67. The highest BCUT2D eigenvalue weighted by Crippen LogP contribution is 2.72. The van der Waals surface area contributed by atoms with Gasteiger partial charge in [-0.1, -0.05) is 67.0 Å². The molecule has 0 spiro atoms. The van der Waals surface area contributed by atoms with Gasteiger partial charge in [0.25, 0.3) is 0 Å². The van der Waals surface area contributed by atoms with E-state index >= 15 is 0 Å². The average Bonchev–Trinajstić information content (AvgIpc) is 1.56. The van der Waals surface area contributed by atoms with E-state index in [1.807, 2.05) is 123 Å². The number of ether oxygens (including phenoxy) is 10. The van der Waals surface area contributed by atoms with Crippen molar-refractivity contribution in [1.29, 1.82) is 0 Å². The van der Waals surface area contributed by atoms with E-state index < -0.39 is 146 Å². The predicted molar refractivity (Wildman–Crippen MR) is 481 cm³/mol. The number of methoxy groups -OCH3 is 2. The number of nitrogens with zero attached hydrogens (tertiary/aromatic N) is 4. The normalized spacial score (nSPS) is 23.6. The first-order valence-corrected chi connectivity index (χ1v) is 49.4. The van der Waals surface area contributed by atoms with Crippen LogP contribution in [0.3, 0.4) is 0 Å². The number of pyridine rings is 2. The number of fused-ring (bicyclic) bond motifs is 2. The van der Waals surface area contributed by atoms with Crippen molar-refractivity contribution in [2.24, 2.45) is 46.3 Å². The molecule has 0 aliphatic heterocycles. The number of anilines is 2. The molecule has 14 atom stereocenters. The van der Waals surface area contributed by atoms with Crippen LogP contribution in [0.4, 0.5) is 29.4 Å². The van der Waals surface area contributed by atoms with Crippen LogP contribution in [0.5, 0.6) is 23.0 Å². The van der Waals surface area contributed by atoms with Crippen LogP contribution in [-0.4, -0.2) is 181 Å². The quantitative estimate of drug-likeness (QED) is 0.00523. The molecule has 6 unspecified atom stereocenters. The molecule has 2 aromatic carbocycles. The summed E-state index contributed by atoms with van der Waals surface area (Å²) in [6.07, 6.45) is 7.46. The van der Waals surface area contributed by atoms with Crippen molar-refractivity contribution >= 4 is 117 Å². The first kappa shape index (κ1) is 97.2. The van der Waals surface area contributed by atoms with E-state index in [0.717, 1.165) is 68.1 Å². The van der Waals surface area contributed by atoms with Crippen LogP contribution in [-0.2, 0) is 65.8 Å². The number of aromatic nitrogens is 4. The topological polar surface area (TPSA) is 405 Å². The molecule has 36 heteroatoms. The van der Waals surface area contributed by atoms with Crippen molar-refractivity contribution < 1.29 is 104 Å². The van der Waals surface area contributed by atoms with Gasteiger partial charge in [0.05, 0.1) is 73.8 Å². The molecule has 12 rings (SSSR count). The third-order valence-corrected chi connectivity index (χ3v) is 30.8. The molecule has 126 heavy (non-hydrogen) atoms. The molecule has 6 saturated carbocycles. The summed E-state index contributed by atoms with van der Waals surface area (Å²) < 4.78 is 95.9. The second kappa shape index (κ2) is 41.8. The predicted octanol–water partition coefficient (Wildman–Crippen LogP) is 18.2. The Morgan fingerprint density at radius 1 is 0.532 bits per heavy atom. The largest absolute Gasteiger partial charge is 0.510 e. The first-order chi connectivity index (χ1) is 59.7.